The molecule has 2 aromatic heterocycles. The van der Waals surface area contributed by atoms with E-state index >= 15 is 0 Å². The van der Waals surface area contributed by atoms with E-state index in [0.717, 1.165) is 5.56 Å². The van der Waals surface area contributed by atoms with E-state index in [1.165, 1.54) is 0 Å². The first kappa shape index (κ1) is 18.3. The zero-order valence-corrected chi connectivity index (χ0v) is 16.1. The van der Waals surface area contributed by atoms with E-state index in [1.807, 2.05) is 30.3 Å². The SMILES string of the molecule is O=C(NCc1ccco1)c1cc(-c2ccccc2)nn1-c1ccc(Cl)c(Cl)c1. The highest BCUT2D eigenvalue weighted by Crippen LogP contribution is 2.27. The summed E-state index contributed by atoms with van der Waals surface area (Å²) in [5.74, 6) is 0.384. The second-order valence-corrected chi connectivity index (χ2v) is 6.87. The maximum absolute atomic E-state index is 12.9. The molecule has 5 nitrogen and oxygen atoms in total. The fourth-order valence-electron chi connectivity index (χ4n) is 2.78. The van der Waals surface area contributed by atoms with Gasteiger partial charge in [0.15, 0.2) is 0 Å². The van der Waals surface area contributed by atoms with Crippen LogP contribution in [0.25, 0.3) is 16.9 Å². The summed E-state index contributed by atoms with van der Waals surface area (Å²) >= 11 is 12.2. The summed E-state index contributed by atoms with van der Waals surface area (Å²) in [6.07, 6.45) is 1.56. The van der Waals surface area contributed by atoms with Crippen molar-refractivity contribution in [3.05, 3.63) is 94.5 Å². The fourth-order valence-corrected chi connectivity index (χ4v) is 3.07. The largest absolute Gasteiger partial charge is 0.467 e. The molecule has 0 aliphatic carbocycles. The topological polar surface area (TPSA) is 60.1 Å². The molecule has 0 atom stereocenters. The molecule has 140 valence electrons. The lowest BCUT2D eigenvalue weighted by Crippen LogP contribution is -2.25. The quantitative estimate of drug-likeness (QED) is 0.480. The minimum atomic E-state index is -0.280. The summed E-state index contributed by atoms with van der Waals surface area (Å²) in [6, 6.07) is 20.1. The smallest absolute Gasteiger partial charge is 0.270 e. The molecular formula is C21H15Cl2N3O2. The van der Waals surface area contributed by atoms with Gasteiger partial charge in [-0.3, -0.25) is 4.79 Å². The normalized spacial score (nSPS) is 10.8. The van der Waals surface area contributed by atoms with Crippen LogP contribution in [-0.4, -0.2) is 15.7 Å². The first-order chi connectivity index (χ1) is 13.6. The van der Waals surface area contributed by atoms with Gasteiger partial charge >= 0.3 is 0 Å². The van der Waals surface area contributed by atoms with Gasteiger partial charge in [-0.15, -0.1) is 0 Å². The summed E-state index contributed by atoms with van der Waals surface area (Å²) < 4.78 is 6.83. The maximum atomic E-state index is 12.9. The van der Waals surface area contributed by atoms with E-state index in [9.17, 15) is 4.79 Å². The summed E-state index contributed by atoms with van der Waals surface area (Å²) in [7, 11) is 0. The van der Waals surface area contributed by atoms with Gasteiger partial charge in [-0.1, -0.05) is 53.5 Å². The molecule has 1 N–H and O–H groups in total. The number of nitrogens with zero attached hydrogens (tertiary/aromatic N) is 2. The minimum absolute atomic E-state index is 0.277. The van der Waals surface area contributed by atoms with Crippen molar-refractivity contribution in [2.75, 3.05) is 0 Å². The number of rotatable bonds is 5. The van der Waals surface area contributed by atoms with Crippen molar-refractivity contribution >= 4 is 29.1 Å². The Morgan fingerprint density at radius 1 is 1.00 bits per heavy atom. The Bertz CT molecular complexity index is 1110. The highest BCUT2D eigenvalue weighted by Gasteiger charge is 2.18. The van der Waals surface area contributed by atoms with E-state index in [4.69, 9.17) is 27.6 Å². The Morgan fingerprint density at radius 2 is 1.82 bits per heavy atom. The van der Waals surface area contributed by atoms with Crippen molar-refractivity contribution in [1.82, 2.24) is 15.1 Å². The summed E-state index contributed by atoms with van der Waals surface area (Å²) in [4.78, 5) is 12.9. The second kappa shape index (κ2) is 7.92. The standard InChI is InChI=1S/C21H15Cl2N3O2/c22-17-9-8-15(11-18(17)23)26-20(21(27)24-13-16-7-4-10-28-16)12-19(25-26)14-5-2-1-3-6-14/h1-12H,13H2,(H,24,27). The van der Waals surface area contributed by atoms with Crippen molar-refractivity contribution in [3.63, 3.8) is 0 Å². The molecule has 0 spiro atoms. The Labute approximate surface area is 171 Å². The third kappa shape index (κ3) is 3.81. The molecule has 7 heteroatoms. The third-order valence-corrected chi connectivity index (χ3v) is 4.90. The molecule has 4 aromatic rings. The highest BCUT2D eigenvalue weighted by molar-refractivity contribution is 6.42. The zero-order valence-electron chi connectivity index (χ0n) is 14.6. The molecule has 2 heterocycles. The van der Waals surface area contributed by atoms with E-state index in [-0.39, 0.29) is 12.5 Å². The van der Waals surface area contributed by atoms with Crippen molar-refractivity contribution in [2.24, 2.45) is 0 Å². The molecule has 28 heavy (non-hydrogen) atoms. The third-order valence-electron chi connectivity index (χ3n) is 4.16. The van der Waals surface area contributed by atoms with Crippen molar-refractivity contribution in [3.8, 4) is 16.9 Å². The maximum Gasteiger partial charge on any atom is 0.270 e. The molecule has 0 bridgehead atoms. The average Bonchev–Trinajstić information content (AvgIpc) is 3.39. The molecule has 1 amide bonds. The lowest BCUT2D eigenvalue weighted by atomic mass is 10.1. The molecule has 0 unspecified atom stereocenters. The number of aromatic nitrogens is 2. The molecule has 0 saturated carbocycles. The number of hydrogen-bond acceptors (Lipinski definition) is 3. The Kier molecular flexibility index (Phi) is 5.19. The van der Waals surface area contributed by atoms with Crippen LogP contribution in [0.15, 0.2) is 77.4 Å². The molecule has 0 fully saturated rings. The van der Waals surface area contributed by atoms with Crippen LogP contribution in [0.5, 0.6) is 0 Å². The number of nitrogens with one attached hydrogen (secondary N) is 1. The first-order valence-corrected chi connectivity index (χ1v) is 9.29. The number of carbonyl (C=O) groups is 1. The van der Waals surface area contributed by atoms with Crippen LogP contribution in [-0.2, 0) is 6.54 Å². The van der Waals surface area contributed by atoms with Gasteiger partial charge in [0, 0.05) is 5.56 Å². The van der Waals surface area contributed by atoms with Gasteiger partial charge in [0.05, 0.1) is 34.2 Å². The molecule has 4 rings (SSSR count). The van der Waals surface area contributed by atoms with E-state index < -0.39 is 0 Å². The lowest BCUT2D eigenvalue weighted by Gasteiger charge is -2.08. The number of carbonyl (C=O) groups excluding carboxylic acids is 1. The lowest BCUT2D eigenvalue weighted by molar-refractivity contribution is 0.0940. The molecular weight excluding hydrogens is 397 g/mol. The summed E-state index contributed by atoms with van der Waals surface area (Å²) in [5.41, 5.74) is 2.60. The van der Waals surface area contributed by atoms with Crippen LogP contribution in [0.3, 0.4) is 0 Å². The molecule has 2 aromatic carbocycles. The number of amides is 1. The monoisotopic (exact) mass is 411 g/mol. The predicted molar refractivity (Wildman–Crippen MR) is 109 cm³/mol. The first-order valence-electron chi connectivity index (χ1n) is 8.53. The predicted octanol–water partition coefficient (Wildman–Crippen LogP) is 5.37. The number of benzene rings is 2. The number of halogens is 2. The van der Waals surface area contributed by atoms with Crippen LogP contribution in [0, 0.1) is 0 Å². The highest BCUT2D eigenvalue weighted by atomic mass is 35.5. The zero-order chi connectivity index (χ0) is 19.5. The molecule has 0 radical (unpaired) electrons. The summed E-state index contributed by atoms with van der Waals surface area (Å²) in [6.45, 7) is 0.277. The van der Waals surface area contributed by atoms with Crippen LogP contribution in [0.2, 0.25) is 10.0 Å². The van der Waals surface area contributed by atoms with E-state index in [0.29, 0.717) is 32.9 Å². The van der Waals surface area contributed by atoms with Crippen LogP contribution >= 0.6 is 23.2 Å². The summed E-state index contributed by atoms with van der Waals surface area (Å²) in [5, 5.41) is 8.29. The van der Waals surface area contributed by atoms with Gasteiger partial charge < -0.3 is 9.73 Å². The van der Waals surface area contributed by atoms with Crippen molar-refractivity contribution < 1.29 is 9.21 Å². The molecule has 0 saturated heterocycles. The van der Waals surface area contributed by atoms with Crippen LogP contribution in [0.4, 0.5) is 0 Å². The fraction of sp³-hybridized carbons (Fsp3) is 0.0476. The Balaban J connectivity index is 1.73. The second-order valence-electron chi connectivity index (χ2n) is 6.05. The molecule has 0 aliphatic rings. The molecule has 0 aliphatic heterocycles. The van der Waals surface area contributed by atoms with Crippen LogP contribution < -0.4 is 5.32 Å². The van der Waals surface area contributed by atoms with Gasteiger partial charge in [-0.25, -0.2) is 4.68 Å². The minimum Gasteiger partial charge on any atom is -0.467 e. The Hall–Kier alpha value is -3.02. The van der Waals surface area contributed by atoms with Gasteiger partial charge in [0.1, 0.15) is 11.5 Å². The van der Waals surface area contributed by atoms with E-state index in [1.54, 1.807) is 47.3 Å². The van der Waals surface area contributed by atoms with Crippen molar-refractivity contribution in [2.45, 2.75) is 6.54 Å². The van der Waals surface area contributed by atoms with E-state index in [2.05, 4.69) is 10.4 Å². The Morgan fingerprint density at radius 3 is 2.54 bits per heavy atom. The average molecular weight is 412 g/mol. The number of hydrogen-bond donors (Lipinski definition) is 1. The van der Waals surface area contributed by atoms with Gasteiger partial charge in [-0.05, 0) is 36.4 Å². The van der Waals surface area contributed by atoms with Crippen LogP contribution in [0.1, 0.15) is 16.2 Å². The van der Waals surface area contributed by atoms with Gasteiger partial charge in [0.25, 0.3) is 5.91 Å². The van der Waals surface area contributed by atoms with Gasteiger partial charge in [0.2, 0.25) is 0 Å². The number of furan rings is 1. The van der Waals surface area contributed by atoms with Gasteiger partial charge in [-0.2, -0.15) is 5.10 Å². The van der Waals surface area contributed by atoms with Crippen molar-refractivity contribution in [1.29, 1.82) is 0 Å².